The molecule has 1 amide bonds. The molecule has 0 aliphatic carbocycles. The minimum atomic E-state index is -2.91. The molecular weight excluding hydrogens is 330 g/mol. The highest BCUT2D eigenvalue weighted by Crippen LogP contribution is 2.29. The van der Waals surface area contributed by atoms with E-state index in [9.17, 15) is 13.6 Å². The Morgan fingerprint density at radius 2 is 2.00 bits per heavy atom. The third kappa shape index (κ3) is 8.56. The quantitative estimate of drug-likeness (QED) is 0.635. The van der Waals surface area contributed by atoms with E-state index in [1.807, 2.05) is 7.05 Å². The third-order valence-electron chi connectivity index (χ3n) is 3.01. The van der Waals surface area contributed by atoms with E-state index in [0.29, 0.717) is 19.4 Å². The lowest BCUT2D eigenvalue weighted by Gasteiger charge is -2.12. The van der Waals surface area contributed by atoms with Gasteiger partial charge in [-0.1, -0.05) is 6.07 Å². The SMILES string of the molecule is CNCCCC(=O)NCCc1ccc(OC)c(OC(F)F)c1.Cl. The molecule has 5 nitrogen and oxygen atoms in total. The van der Waals surface area contributed by atoms with Gasteiger partial charge in [-0.15, -0.1) is 12.4 Å². The fourth-order valence-corrected chi connectivity index (χ4v) is 1.93. The summed E-state index contributed by atoms with van der Waals surface area (Å²) in [4.78, 5) is 11.5. The van der Waals surface area contributed by atoms with Crippen LogP contribution in [-0.4, -0.2) is 39.8 Å². The smallest absolute Gasteiger partial charge is 0.387 e. The molecule has 0 saturated heterocycles. The molecular formula is C15H23ClF2N2O3. The number of ether oxygens (including phenoxy) is 2. The van der Waals surface area contributed by atoms with Gasteiger partial charge in [0.1, 0.15) is 0 Å². The predicted molar refractivity (Wildman–Crippen MR) is 86.7 cm³/mol. The van der Waals surface area contributed by atoms with Crippen molar-refractivity contribution >= 4 is 18.3 Å². The normalized spacial score (nSPS) is 10.1. The zero-order chi connectivity index (χ0) is 16.4. The minimum absolute atomic E-state index is 0. The largest absolute Gasteiger partial charge is 0.493 e. The van der Waals surface area contributed by atoms with Gasteiger partial charge < -0.3 is 20.1 Å². The highest BCUT2D eigenvalue weighted by molar-refractivity contribution is 5.85. The molecule has 0 atom stereocenters. The Hall–Kier alpha value is -1.60. The lowest BCUT2D eigenvalue weighted by molar-refractivity contribution is -0.121. The van der Waals surface area contributed by atoms with Gasteiger partial charge in [0.15, 0.2) is 11.5 Å². The van der Waals surface area contributed by atoms with Crippen molar-refractivity contribution in [3.05, 3.63) is 23.8 Å². The van der Waals surface area contributed by atoms with Gasteiger partial charge in [-0.25, -0.2) is 0 Å². The number of hydrogen-bond donors (Lipinski definition) is 2. The van der Waals surface area contributed by atoms with Gasteiger partial charge in [0.2, 0.25) is 5.91 Å². The predicted octanol–water partition coefficient (Wildman–Crippen LogP) is 2.38. The van der Waals surface area contributed by atoms with Crippen LogP contribution >= 0.6 is 12.4 Å². The van der Waals surface area contributed by atoms with E-state index in [0.717, 1.165) is 18.5 Å². The summed E-state index contributed by atoms with van der Waals surface area (Å²) in [5.41, 5.74) is 0.784. The summed E-state index contributed by atoms with van der Waals surface area (Å²) < 4.78 is 34.1. The van der Waals surface area contributed by atoms with Crippen LogP contribution in [0.3, 0.4) is 0 Å². The summed E-state index contributed by atoms with van der Waals surface area (Å²) in [6.45, 7) is -1.67. The van der Waals surface area contributed by atoms with Crippen molar-refractivity contribution in [3.8, 4) is 11.5 Å². The number of halogens is 3. The summed E-state index contributed by atoms with van der Waals surface area (Å²) in [6.07, 6.45) is 1.77. The van der Waals surface area contributed by atoms with E-state index in [4.69, 9.17) is 4.74 Å². The number of alkyl halides is 2. The van der Waals surface area contributed by atoms with E-state index in [1.54, 1.807) is 12.1 Å². The fourth-order valence-electron chi connectivity index (χ4n) is 1.93. The molecule has 2 N–H and O–H groups in total. The summed E-state index contributed by atoms with van der Waals surface area (Å²) in [5, 5.41) is 5.76. The van der Waals surface area contributed by atoms with E-state index in [-0.39, 0.29) is 29.8 Å². The Morgan fingerprint density at radius 3 is 2.61 bits per heavy atom. The molecule has 8 heteroatoms. The third-order valence-corrected chi connectivity index (χ3v) is 3.01. The molecule has 0 saturated carbocycles. The lowest BCUT2D eigenvalue weighted by Crippen LogP contribution is -2.26. The Balaban J connectivity index is 0.00000484. The first-order valence-electron chi connectivity index (χ1n) is 7.10. The van der Waals surface area contributed by atoms with Gasteiger partial charge in [-0.05, 0) is 44.1 Å². The van der Waals surface area contributed by atoms with Crippen LogP contribution in [0.15, 0.2) is 18.2 Å². The highest BCUT2D eigenvalue weighted by atomic mass is 35.5. The van der Waals surface area contributed by atoms with Crippen molar-refractivity contribution in [3.63, 3.8) is 0 Å². The lowest BCUT2D eigenvalue weighted by atomic mass is 10.1. The Morgan fingerprint density at radius 1 is 1.26 bits per heavy atom. The zero-order valence-corrected chi connectivity index (χ0v) is 14.1. The molecule has 23 heavy (non-hydrogen) atoms. The van der Waals surface area contributed by atoms with Crippen LogP contribution in [0, 0.1) is 0 Å². The standard InChI is InChI=1S/C15H22F2N2O3.ClH/c1-18-8-3-4-14(20)19-9-7-11-5-6-12(21-2)13(10-11)22-15(16)17;/h5-6,10,15,18H,3-4,7-9H2,1-2H3,(H,19,20);1H. The van der Waals surface area contributed by atoms with Crippen LogP contribution in [-0.2, 0) is 11.2 Å². The maximum Gasteiger partial charge on any atom is 0.387 e. The Labute approximate surface area is 141 Å². The van der Waals surface area contributed by atoms with Gasteiger partial charge in [-0.3, -0.25) is 4.79 Å². The molecule has 0 heterocycles. The average molecular weight is 353 g/mol. The van der Waals surface area contributed by atoms with Crippen LogP contribution in [0.25, 0.3) is 0 Å². The van der Waals surface area contributed by atoms with Crippen LogP contribution < -0.4 is 20.1 Å². The Kier molecular flexibility index (Phi) is 11.1. The number of nitrogens with one attached hydrogen (secondary N) is 2. The molecule has 0 unspecified atom stereocenters. The number of amides is 1. The van der Waals surface area contributed by atoms with Gasteiger partial charge in [0.05, 0.1) is 7.11 Å². The van der Waals surface area contributed by atoms with Gasteiger partial charge in [0, 0.05) is 13.0 Å². The first-order chi connectivity index (χ1) is 10.6. The molecule has 1 aromatic carbocycles. The molecule has 132 valence electrons. The van der Waals surface area contributed by atoms with Gasteiger partial charge in [0.25, 0.3) is 0 Å². The topological polar surface area (TPSA) is 59.6 Å². The molecule has 0 fully saturated rings. The van der Waals surface area contributed by atoms with Gasteiger partial charge in [-0.2, -0.15) is 8.78 Å². The second kappa shape index (κ2) is 11.9. The van der Waals surface area contributed by atoms with Crippen LogP contribution in [0.4, 0.5) is 8.78 Å². The zero-order valence-electron chi connectivity index (χ0n) is 13.2. The van der Waals surface area contributed by atoms with Crippen molar-refractivity contribution in [1.29, 1.82) is 0 Å². The fraction of sp³-hybridized carbons (Fsp3) is 0.533. The second-order valence-corrected chi connectivity index (χ2v) is 4.67. The summed E-state index contributed by atoms with van der Waals surface area (Å²) in [6, 6.07) is 4.82. The maximum atomic E-state index is 12.3. The van der Waals surface area contributed by atoms with E-state index >= 15 is 0 Å². The van der Waals surface area contributed by atoms with Crippen LogP contribution in [0.2, 0.25) is 0 Å². The van der Waals surface area contributed by atoms with Crippen LogP contribution in [0.1, 0.15) is 18.4 Å². The second-order valence-electron chi connectivity index (χ2n) is 4.67. The number of methoxy groups -OCH3 is 1. The van der Waals surface area contributed by atoms with Crippen molar-refractivity contribution in [2.45, 2.75) is 25.9 Å². The number of rotatable bonds is 10. The number of carbonyl (C=O) groups is 1. The number of benzene rings is 1. The molecule has 0 aliphatic rings. The molecule has 0 aromatic heterocycles. The van der Waals surface area contributed by atoms with Gasteiger partial charge >= 0.3 is 6.61 Å². The van der Waals surface area contributed by atoms with E-state index < -0.39 is 6.61 Å². The summed E-state index contributed by atoms with van der Waals surface area (Å²) in [7, 11) is 3.22. The number of hydrogen-bond acceptors (Lipinski definition) is 4. The Bertz CT molecular complexity index is 476. The molecule has 0 aliphatic heterocycles. The molecule has 1 aromatic rings. The molecule has 0 bridgehead atoms. The molecule has 1 rings (SSSR count). The number of carbonyl (C=O) groups excluding carboxylic acids is 1. The monoisotopic (exact) mass is 352 g/mol. The van der Waals surface area contributed by atoms with Crippen molar-refractivity contribution in [1.82, 2.24) is 10.6 Å². The average Bonchev–Trinajstić information content (AvgIpc) is 2.47. The highest BCUT2D eigenvalue weighted by Gasteiger charge is 2.11. The first-order valence-corrected chi connectivity index (χ1v) is 7.10. The van der Waals surface area contributed by atoms with Crippen LogP contribution in [0.5, 0.6) is 11.5 Å². The molecule has 0 radical (unpaired) electrons. The first kappa shape index (κ1) is 21.4. The molecule has 0 spiro atoms. The summed E-state index contributed by atoms with van der Waals surface area (Å²) in [5.74, 6) is 0.225. The van der Waals surface area contributed by atoms with Crippen molar-refractivity contribution in [2.75, 3.05) is 27.2 Å². The van der Waals surface area contributed by atoms with Crippen molar-refractivity contribution < 1.29 is 23.0 Å². The maximum absolute atomic E-state index is 12.3. The van der Waals surface area contributed by atoms with E-state index in [1.165, 1.54) is 13.2 Å². The summed E-state index contributed by atoms with van der Waals surface area (Å²) >= 11 is 0. The van der Waals surface area contributed by atoms with E-state index in [2.05, 4.69) is 15.4 Å². The van der Waals surface area contributed by atoms with Crippen molar-refractivity contribution in [2.24, 2.45) is 0 Å². The minimum Gasteiger partial charge on any atom is -0.493 e.